The van der Waals surface area contributed by atoms with Gasteiger partial charge in [0.05, 0.1) is 5.75 Å². The molecule has 0 aromatic rings. The molecular formula is C13H26N2O2S. The molecule has 0 aromatic carbocycles. The van der Waals surface area contributed by atoms with Gasteiger partial charge in [0.1, 0.15) is 9.84 Å². The highest BCUT2D eigenvalue weighted by atomic mass is 32.2. The van der Waals surface area contributed by atoms with Crippen LogP contribution in [0.25, 0.3) is 0 Å². The summed E-state index contributed by atoms with van der Waals surface area (Å²) in [7, 11) is -2.87. The molecule has 1 unspecified atom stereocenters. The molecule has 1 saturated heterocycles. The first kappa shape index (κ1) is 14.3. The monoisotopic (exact) mass is 274 g/mol. The standard InChI is InChI=1S/C13H26N2O2S/c1-11(10-18(2,16)17)15(13-3-4-13)9-12-5-7-14-8-6-12/h11-14H,3-10H2,1-2H3. The van der Waals surface area contributed by atoms with Crippen molar-refractivity contribution in [3.8, 4) is 0 Å². The Hall–Kier alpha value is -0.130. The van der Waals surface area contributed by atoms with Crippen molar-refractivity contribution in [3.05, 3.63) is 0 Å². The smallest absolute Gasteiger partial charge is 0.148 e. The molecule has 1 atom stereocenters. The summed E-state index contributed by atoms with van der Waals surface area (Å²) in [5, 5.41) is 3.39. The zero-order valence-electron chi connectivity index (χ0n) is 11.6. The highest BCUT2D eigenvalue weighted by molar-refractivity contribution is 7.90. The van der Waals surface area contributed by atoms with E-state index in [9.17, 15) is 8.42 Å². The van der Waals surface area contributed by atoms with Gasteiger partial charge in [0.2, 0.25) is 0 Å². The SMILES string of the molecule is CC(CS(C)(=O)=O)N(CC1CCNCC1)C1CC1. The van der Waals surface area contributed by atoms with Crippen LogP contribution in [0.4, 0.5) is 0 Å². The Balaban J connectivity index is 1.90. The van der Waals surface area contributed by atoms with Crippen molar-refractivity contribution in [1.29, 1.82) is 0 Å². The lowest BCUT2D eigenvalue weighted by Crippen LogP contribution is -2.44. The van der Waals surface area contributed by atoms with Crippen LogP contribution in [-0.4, -0.2) is 57.0 Å². The van der Waals surface area contributed by atoms with E-state index in [2.05, 4.69) is 17.1 Å². The molecule has 2 rings (SSSR count). The summed E-state index contributed by atoms with van der Waals surface area (Å²) in [4.78, 5) is 2.46. The van der Waals surface area contributed by atoms with Gasteiger partial charge >= 0.3 is 0 Å². The number of hydrogen-bond donors (Lipinski definition) is 1. The Morgan fingerprint density at radius 3 is 2.33 bits per heavy atom. The lowest BCUT2D eigenvalue weighted by molar-refractivity contribution is 0.162. The quantitative estimate of drug-likeness (QED) is 0.781. The summed E-state index contributed by atoms with van der Waals surface area (Å²) in [5.74, 6) is 1.04. The second-order valence-corrected chi connectivity index (χ2v) is 8.25. The number of rotatable bonds is 6. The summed E-state index contributed by atoms with van der Waals surface area (Å²) in [6.45, 7) is 5.39. The van der Waals surface area contributed by atoms with Crippen LogP contribution in [-0.2, 0) is 9.84 Å². The van der Waals surface area contributed by atoms with Crippen molar-refractivity contribution in [2.24, 2.45) is 5.92 Å². The third kappa shape index (κ3) is 4.52. The van der Waals surface area contributed by atoms with Crippen LogP contribution >= 0.6 is 0 Å². The van der Waals surface area contributed by atoms with Crippen molar-refractivity contribution in [2.75, 3.05) is 31.6 Å². The van der Waals surface area contributed by atoms with Gasteiger partial charge in [-0.05, 0) is 51.6 Å². The maximum Gasteiger partial charge on any atom is 0.148 e. The van der Waals surface area contributed by atoms with E-state index in [4.69, 9.17) is 0 Å². The van der Waals surface area contributed by atoms with E-state index in [-0.39, 0.29) is 6.04 Å². The van der Waals surface area contributed by atoms with Gasteiger partial charge < -0.3 is 5.32 Å². The van der Waals surface area contributed by atoms with Crippen LogP contribution in [0, 0.1) is 5.92 Å². The Bertz CT molecular complexity index is 359. The molecule has 0 aromatic heterocycles. The van der Waals surface area contributed by atoms with Crippen molar-refractivity contribution in [1.82, 2.24) is 10.2 Å². The molecule has 0 amide bonds. The Morgan fingerprint density at radius 1 is 1.22 bits per heavy atom. The summed E-state index contributed by atoms with van der Waals surface area (Å²) >= 11 is 0. The maximum atomic E-state index is 11.4. The minimum absolute atomic E-state index is 0.169. The lowest BCUT2D eigenvalue weighted by Gasteiger charge is -2.34. The van der Waals surface area contributed by atoms with Crippen LogP contribution in [0.5, 0.6) is 0 Å². The van der Waals surface area contributed by atoms with Gasteiger partial charge in [0.25, 0.3) is 0 Å². The normalized spacial score (nSPS) is 24.4. The van der Waals surface area contributed by atoms with E-state index < -0.39 is 9.84 Å². The minimum Gasteiger partial charge on any atom is -0.317 e. The molecule has 0 bridgehead atoms. The molecular weight excluding hydrogens is 248 g/mol. The summed E-state index contributed by atoms with van der Waals surface area (Å²) in [6, 6.07) is 0.819. The first-order chi connectivity index (χ1) is 8.46. The average molecular weight is 274 g/mol. The van der Waals surface area contributed by atoms with Crippen molar-refractivity contribution < 1.29 is 8.42 Å². The molecule has 1 aliphatic heterocycles. The van der Waals surface area contributed by atoms with E-state index in [0.717, 1.165) is 25.6 Å². The molecule has 106 valence electrons. The van der Waals surface area contributed by atoms with Crippen LogP contribution in [0.3, 0.4) is 0 Å². The second kappa shape index (κ2) is 5.88. The number of piperidine rings is 1. The lowest BCUT2D eigenvalue weighted by atomic mass is 9.97. The predicted octanol–water partition coefficient (Wildman–Crippen LogP) is 0.884. The third-order valence-corrected chi connectivity index (χ3v) is 5.14. The van der Waals surface area contributed by atoms with Crippen LogP contribution in [0.2, 0.25) is 0 Å². The minimum atomic E-state index is -2.87. The average Bonchev–Trinajstić information content (AvgIpc) is 3.08. The first-order valence-electron chi connectivity index (χ1n) is 7.10. The molecule has 5 heteroatoms. The predicted molar refractivity (Wildman–Crippen MR) is 74.5 cm³/mol. The maximum absolute atomic E-state index is 11.4. The highest BCUT2D eigenvalue weighted by Gasteiger charge is 2.34. The Kier molecular flexibility index (Phi) is 4.67. The first-order valence-corrected chi connectivity index (χ1v) is 9.16. The van der Waals surface area contributed by atoms with Gasteiger partial charge in [-0.3, -0.25) is 4.90 Å². The topological polar surface area (TPSA) is 49.4 Å². The zero-order valence-corrected chi connectivity index (χ0v) is 12.4. The van der Waals surface area contributed by atoms with Crippen LogP contribution in [0.15, 0.2) is 0 Å². The summed E-state index contributed by atoms with van der Waals surface area (Å²) in [6.07, 6.45) is 6.31. The van der Waals surface area contributed by atoms with Gasteiger partial charge in [0.15, 0.2) is 0 Å². The highest BCUT2D eigenvalue weighted by Crippen LogP contribution is 2.31. The largest absolute Gasteiger partial charge is 0.317 e. The van der Waals surface area contributed by atoms with Crippen LogP contribution in [0.1, 0.15) is 32.6 Å². The molecule has 4 nitrogen and oxygen atoms in total. The molecule has 1 heterocycles. The van der Waals surface area contributed by atoms with Gasteiger partial charge in [0, 0.05) is 24.9 Å². The van der Waals surface area contributed by atoms with Crippen molar-refractivity contribution >= 4 is 9.84 Å². The van der Waals surface area contributed by atoms with Gasteiger partial charge in [-0.15, -0.1) is 0 Å². The Morgan fingerprint density at radius 2 is 1.83 bits per heavy atom. The molecule has 18 heavy (non-hydrogen) atoms. The molecule has 1 saturated carbocycles. The van der Waals surface area contributed by atoms with E-state index in [1.807, 2.05) is 0 Å². The van der Waals surface area contributed by atoms with E-state index in [0.29, 0.717) is 11.8 Å². The van der Waals surface area contributed by atoms with E-state index in [1.165, 1.54) is 31.9 Å². The second-order valence-electron chi connectivity index (χ2n) is 6.06. The third-order valence-electron chi connectivity index (χ3n) is 4.05. The molecule has 1 N–H and O–H groups in total. The number of hydrogen-bond acceptors (Lipinski definition) is 4. The summed E-state index contributed by atoms with van der Waals surface area (Å²) < 4.78 is 22.9. The number of nitrogens with zero attached hydrogens (tertiary/aromatic N) is 1. The fourth-order valence-corrected chi connectivity index (χ4v) is 4.06. The van der Waals surface area contributed by atoms with Crippen molar-refractivity contribution in [2.45, 2.75) is 44.7 Å². The summed E-state index contributed by atoms with van der Waals surface area (Å²) in [5.41, 5.74) is 0. The van der Waals surface area contributed by atoms with Gasteiger partial charge in [-0.1, -0.05) is 0 Å². The fourth-order valence-electron chi connectivity index (χ4n) is 2.99. The molecule has 2 fully saturated rings. The molecule has 0 spiro atoms. The van der Waals surface area contributed by atoms with Gasteiger partial charge in [-0.2, -0.15) is 0 Å². The number of nitrogens with one attached hydrogen (secondary N) is 1. The van der Waals surface area contributed by atoms with Gasteiger partial charge in [-0.25, -0.2) is 8.42 Å². The molecule has 0 radical (unpaired) electrons. The van der Waals surface area contributed by atoms with Crippen molar-refractivity contribution in [3.63, 3.8) is 0 Å². The van der Waals surface area contributed by atoms with Crippen LogP contribution < -0.4 is 5.32 Å². The number of sulfone groups is 1. The zero-order chi connectivity index (χ0) is 13.2. The van der Waals surface area contributed by atoms with E-state index >= 15 is 0 Å². The Labute approximate surface area is 111 Å². The van der Waals surface area contributed by atoms with E-state index in [1.54, 1.807) is 0 Å². The molecule has 1 aliphatic carbocycles. The fraction of sp³-hybridized carbons (Fsp3) is 1.00. The molecule has 2 aliphatic rings.